The van der Waals surface area contributed by atoms with Crippen LogP contribution >= 0.6 is 0 Å². The molecule has 0 spiro atoms. The van der Waals surface area contributed by atoms with E-state index in [0.29, 0.717) is 17.9 Å². The van der Waals surface area contributed by atoms with Crippen LogP contribution in [0.1, 0.15) is 94.4 Å². The lowest BCUT2D eigenvalue weighted by molar-refractivity contribution is 0.0352. The van der Waals surface area contributed by atoms with Crippen LogP contribution in [-0.2, 0) is 9.84 Å². The van der Waals surface area contributed by atoms with Gasteiger partial charge in [-0.05, 0) is 111 Å². The number of hydrogen-bond acceptors (Lipinski definition) is 4. The fraction of sp³-hybridized carbons (Fsp3) is 1.00. The monoisotopic (exact) mass is 428 g/mol. The van der Waals surface area contributed by atoms with Crippen LogP contribution in [0.4, 0.5) is 0 Å². The zero-order valence-corrected chi connectivity index (χ0v) is 21.5. The minimum absolute atomic E-state index is 0.0991. The zero-order valence-electron chi connectivity index (χ0n) is 20.7. The van der Waals surface area contributed by atoms with Crippen LogP contribution in [0.15, 0.2) is 0 Å². The highest BCUT2D eigenvalue weighted by Crippen LogP contribution is 2.40. The molecule has 0 N–H and O–H groups in total. The Kier molecular flexibility index (Phi) is 7.61. The molecule has 0 amide bonds. The molecule has 0 saturated carbocycles. The molecule has 172 valence electrons. The minimum Gasteiger partial charge on any atom is -0.301 e. The van der Waals surface area contributed by atoms with E-state index < -0.39 is 14.6 Å². The molecule has 2 saturated heterocycles. The van der Waals surface area contributed by atoms with Gasteiger partial charge in [-0.2, -0.15) is 0 Å². The SMILES string of the molecule is CC(C)N1CCC(S(=O)(=O)C(C)(C)CC(C)(C)N2CCC(C(C)(C)C)CC2)CC1. The van der Waals surface area contributed by atoms with Crippen molar-refractivity contribution in [1.82, 2.24) is 9.80 Å². The Morgan fingerprint density at radius 1 is 0.828 bits per heavy atom. The van der Waals surface area contributed by atoms with E-state index in [0.717, 1.165) is 44.9 Å². The van der Waals surface area contributed by atoms with Gasteiger partial charge < -0.3 is 4.90 Å². The maximum Gasteiger partial charge on any atom is 0.158 e. The van der Waals surface area contributed by atoms with Crippen molar-refractivity contribution in [2.24, 2.45) is 11.3 Å². The molecule has 0 atom stereocenters. The first-order valence-electron chi connectivity index (χ1n) is 11.8. The van der Waals surface area contributed by atoms with Gasteiger partial charge in [0.05, 0.1) is 10.00 Å². The molecule has 2 rings (SSSR count). The van der Waals surface area contributed by atoms with E-state index in [1.54, 1.807) is 0 Å². The fourth-order valence-electron chi connectivity index (χ4n) is 5.76. The van der Waals surface area contributed by atoms with Gasteiger partial charge in [0.2, 0.25) is 0 Å². The lowest BCUT2D eigenvalue weighted by Gasteiger charge is -2.48. The average molecular weight is 429 g/mol. The molecule has 2 aliphatic rings. The molecule has 2 fully saturated rings. The molecule has 0 aliphatic carbocycles. The Morgan fingerprint density at radius 3 is 1.72 bits per heavy atom. The van der Waals surface area contributed by atoms with Gasteiger partial charge in [-0.1, -0.05) is 20.8 Å². The Morgan fingerprint density at radius 2 is 1.31 bits per heavy atom. The summed E-state index contributed by atoms with van der Waals surface area (Å²) in [5, 5.41) is -0.185. The molecule has 0 aromatic heterocycles. The highest BCUT2D eigenvalue weighted by atomic mass is 32.2. The maximum absolute atomic E-state index is 13.6. The van der Waals surface area contributed by atoms with E-state index in [-0.39, 0.29) is 10.8 Å². The largest absolute Gasteiger partial charge is 0.301 e. The van der Waals surface area contributed by atoms with Crippen molar-refractivity contribution in [3.8, 4) is 0 Å². The molecule has 2 aliphatic heterocycles. The summed E-state index contributed by atoms with van der Waals surface area (Å²) in [6.07, 6.45) is 4.69. The van der Waals surface area contributed by atoms with Crippen molar-refractivity contribution in [3.63, 3.8) is 0 Å². The van der Waals surface area contributed by atoms with Gasteiger partial charge in [0.25, 0.3) is 0 Å². The summed E-state index contributed by atoms with van der Waals surface area (Å²) in [5.41, 5.74) is 0.266. The second-order valence-electron chi connectivity index (χ2n) is 12.3. The van der Waals surface area contributed by atoms with Crippen LogP contribution in [0.3, 0.4) is 0 Å². The molecule has 0 aromatic rings. The summed E-state index contributed by atoms with van der Waals surface area (Å²) in [4.78, 5) is 4.95. The quantitative estimate of drug-likeness (QED) is 0.598. The third-order valence-electron chi connectivity index (χ3n) is 7.85. The normalized spacial score (nSPS) is 23.1. The lowest BCUT2D eigenvalue weighted by Crippen LogP contribution is -2.55. The van der Waals surface area contributed by atoms with E-state index in [2.05, 4.69) is 58.3 Å². The minimum atomic E-state index is -3.17. The molecule has 5 heteroatoms. The molecule has 4 nitrogen and oxygen atoms in total. The number of hydrogen-bond donors (Lipinski definition) is 0. The van der Waals surface area contributed by atoms with Crippen LogP contribution in [0.5, 0.6) is 0 Å². The standard InChI is InChI=1S/C24H48N2O2S/c1-19(2)25-14-12-21(13-15-25)29(27,28)24(8,9)18-23(6,7)26-16-10-20(11-17-26)22(3,4)5/h19-21H,10-18H2,1-9H3. The number of rotatable bonds is 6. The molecule has 0 unspecified atom stereocenters. The summed E-state index contributed by atoms with van der Waals surface area (Å²) in [5.74, 6) is 0.762. The van der Waals surface area contributed by atoms with Gasteiger partial charge in [-0.3, -0.25) is 4.90 Å². The fourth-order valence-corrected chi connectivity index (χ4v) is 8.05. The summed E-state index contributed by atoms with van der Waals surface area (Å²) in [6, 6.07) is 0.502. The van der Waals surface area contributed by atoms with Crippen molar-refractivity contribution in [2.45, 2.75) is 116 Å². The van der Waals surface area contributed by atoms with Crippen molar-refractivity contribution >= 4 is 9.84 Å². The second-order valence-corrected chi connectivity index (χ2v) is 15.1. The lowest BCUT2D eigenvalue weighted by atomic mass is 9.74. The van der Waals surface area contributed by atoms with Crippen LogP contribution < -0.4 is 0 Å². The average Bonchev–Trinajstić information content (AvgIpc) is 2.60. The van der Waals surface area contributed by atoms with E-state index in [1.165, 1.54) is 12.8 Å². The topological polar surface area (TPSA) is 40.6 Å². The number of likely N-dealkylation sites (tertiary alicyclic amines) is 2. The molecule has 0 aromatic carbocycles. The van der Waals surface area contributed by atoms with Crippen molar-refractivity contribution in [1.29, 1.82) is 0 Å². The van der Waals surface area contributed by atoms with Crippen molar-refractivity contribution in [3.05, 3.63) is 0 Å². The first kappa shape index (κ1) is 25.1. The summed E-state index contributed by atoms with van der Waals surface area (Å²) in [6.45, 7) is 23.9. The Balaban J connectivity index is 2.03. The maximum atomic E-state index is 13.6. The third kappa shape index (κ3) is 5.77. The smallest absolute Gasteiger partial charge is 0.158 e. The van der Waals surface area contributed by atoms with E-state index in [1.807, 2.05) is 13.8 Å². The van der Waals surface area contributed by atoms with Crippen LogP contribution in [0, 0.1) is 11.3 Å². The molecular weight excluding hydrogens is 380 g/mol. The van der Waals surface area contributed by atoms with Gasteiger partial charge in [0.1, 0.15) is 0 Å². The zero-order chi connectivity index (χ0) is 22.3. The van der Waals surface area contributed by atoms with Crippen LogP contribution in [0.25, 0.3) is 0 Å². The molecule has 29 heavy (non-hydrogen) atoms. The summed E-state index contributed by atoms with van der Waals surface area (Å²) < 4.78 is 26.5. The Hall–Kier alpha value is -0.130. The highest BCUT2D eigenvalue weighted by Gasteiger charge is 2.46. The van der Waals surface area contributed by atoms with E-state index >= 15 is 0 Å². The van der Waals surface area contributed by atoms with Gasteiger partial charge >= 0.3 is 0 Å². The molecule has 2 heterocycles. The van der Waals surface area contributed by atoms with Crippen molar-refractivity contribution < 1.29 is 8.42 Å². The summed E-state index contributed by atoms with van der Waals surface area (Å²) >= 11 is 0. The molecule has 0 bridgehead atoms. The summed E-state index contributed by atoms with van der Waals surface area (Å²) in [7, 11) is -3.17. The molecule has 0 radical (unpaired) electrons. The number of piperidine rings is 2. The predicted molar refractivity (Wildman–Crippen MR) is 125 cm³/mol. The number of sulfone groups is 1. The predicted octanol–water partition coefficient (Wildman–Crippen LogP) is 4.98. The third-order valence-corrected chi connectivity index (χ3v) is 10.9. The Labute approximate surface area is 181 Å². The van der Waals surface area contributed by atoms with E-state index in [4.69, 9.17) is 0 Å². The Bertz CT molecular complexity index is 630. The second kappa shape index (κ2) is 8.78. The van der Waals surface area contributed by atoms with Gasteiger partial charge in [-0.25, -0.2) is 8.42 Å². The van der Waals surface area contributed by atoms with Gasteiger partial charge in [0, 0.05) is 11.6 Å². The van der Waals surface area contributed by atoms with E-state index in [9.17, 15) is 8.42 Å². The number of nitrogens with zero attached hydrogens (tertiary/aromatic N) is 2. The first-order chi connectivity index (χ1) is 13.1. The first-order valence-corrected chi connectivity index (χ1v) is 13.3. The van der Waals surface area contributed by atoms with Crippen LogP contribution in [0.2, 0.25) is 0 Å². The van der Waals surface area contributed by atoms with Crippen LogP contribution in [-0.4, -0.2) is 66.0 Å². The van der Waals surface area contributed by atoms with Gasteiger partial charge in [0.15, 0.2) is 9.84 Å². The van der Waals surface area contributed by atoms with Crippen molar-refractivity contribution in [2.75, 3.05) is 26.2 Å². The van der Waals surface area contributed by atoms with Gasteiger partial charge in [-0.15, -0.1) is 0 Å². The molecular formula is C24H48N2O2S. The highest BCUT2D eigenvalue weighted by molar-refractivity contribution is 7.93.